The first-order valence-electron chi connectivity index (χ1n) is 6.92. The van der Waals surface area contributed by atoms with Gasteiger partial charge >= 0.3 is 11.9 Å². The molecule has 0 spiro atoms. The monoisotopic (exact) mass is 345 g/mol. The van der Waals surface area contributed by atoms with Crippen LogP contribution >= 0.6 is 0 Å². The summed E-state index contributed by atoms with van der Waals surface area (Å²) in [4.78, 5) is 21.6. The second kappa shape index (κ2) is 7.42. The molecule has 128 valence electrons. The molecule has 4 N–H and O–H groups in total. The van der Waals surface area contributed by atoms with Gasteiger partial charge in [-0.3, -0.25) is 4.79 Å². The number of unbranched alkanes of at least 4 members (excludes halogenated alkanes) is 1. The number of rotatable bonds is 8. The van der Waals surface area contributed by atoms with Crippen LogP contribution in [-0.2, 0) is 14.8 Å². The van der Waals surface area contributed by atoms with E-state index in [-0.39, 0.29) is 6.42 Å². The molecule has 1 aromatic carbocycles. The molecule has 1 unspecified atom stereocenters. The van der Waals surface area contributed by atoms with E-state index in [4.69, 9.17) is 10.2 Å². The van der Waals surface area contributed by atoms with Crippen molar-refractivity contribution >= 4 is 22.0 Å². The Labute approximate surface area is 133 Å². The topological polar surface area (TPSA) is 141 Å². The number of nitrogens with one attached hydrogen (secondary N) is 1. The predicted molar refractivity (Wildman–Crippen MR) is 81.1 cm³/mol. The average molecular weight is 345 g/mol. The second-order valence-electron chi connectivity index (χ2n) is 5.12. The lowest BCUT2D eigenvalue weighted by molar-refractivity contribution is -0.139. The summed E-state index contributed by atoms with van der Waals surface area (Å²) in [5.41, 5.74) is -0.258. The Balaban J connectivity index is 3.27. The summed E-state index contributed by atoms with van der Waals surface area (Å²) >= 11 is 0. The van der Waals surface area contributed by atoms with E-state index in [1.807, 2.05) is 11.6 Å². The van der Waals surface area contributed by atoms with Crippen LogP contribution in [0.15, 0.2) is 17.0 Å². The van der Waals surface area contributed by atoms with Crippen LogP contribution in [0.1, 0.15) is 42.1 Å². The molecule has 0 saturated heterocycles. The molecule has 0 aliphatic rings. The molecule has 0 aliphatic carbocycles. The zero-order valence-corrected chi connectivity index (χ0v) is 13.6. The zero-order chi connectivity index (χ0) is 17.8. The first kappa shape index (κ1) is 18.9. The number of carboxylic acids is 2. The minimum atomic E-state index is -4.39. The highest BCUT2D eigenvalue weighted by atomic mass is 32.2. The molecule has 0 amide bonds. The Hall–Kier alpha value is -2.13. The molecule has 0 saturated carbocycles. The van der Waals surface area contributed by atoms with E-state index < -0.39 is 44.2 Å². The Morgan fingerprint density at radius 3 is 2.35 bits per heavy atom. The van der Waals surface area contributed by atoms with E-state index >= 15 is 0 Å². The summed E-state index contributed by atoms with van der Waals surface area (Å²) < 4.78 is 26.7. The van der Waals surface area contributed by atoms with Gasteiger partial charge in [0.1, 0.15) is 22.3 Å². The Morgan fingerprint density at radius 1 is 1.26 bits per heavy atom. The normalized spacial score (nSPS) is 12.8. The number of phenols is 1. The van der Waals surface area contributed by atoms with Gasteiger partial charge in [0.25, 0.3) is 0 Å². The van der Waals surface area contributed by atoms with Crippen molar-refractivity contribution in [3.63, 3.8) is 0 Å². The lowest BCUT2D eigenvalue weighted by Crippen LogP contribution is -2.40. The quantitative estimate of drug-likeness (QED) is 0.557. The van der Waals surface area contributed by atoms with Crippen molar-refractivity contribution in [2.24, 2.45) is 0 Å². The van der Waals surface area contributed by atoms with Crippen LogP contribution in [0.5, 0.6) is 5.75 Å². The minimum absolute atomic E-state index is 0.0867. The summed E-state index contributed by atoms with van der Waals surface area (Å²) in [7, 11) is -4.39. The number of sulfonamides is 1. The highest BCUT2D eigenvalue weighted by Gasteiger charge is 2.29. The predicted octanol–water partition coefficient (Wildman–Crippen LogP) is 1.32. The molecule has 0 aromatic heterocycles. The van der Waals surface area contributed by atoms with Gasteiger partial charge < -0.3 is 15.3 Å². The van der Waals surface area contributed by atoms with Gasteiger partial charge in [0.05, 0.1) is 0 Å². The SMILES string of the molecule is CCCCC(NS(=O)(=O)c1cc(C)cc(C(=O)O)c1O)C(=O)O. The van der Waals surface area contributed by atoms with Gasteiger partial charge in [-0.2, -0.15) is 4.72 Å². The van der Waals surface area contributed by atoms with Crippen molar-refractivity contribution in [3.8, 4) is 5.75 Å². The Morgan fingerprint density at radius 2 is 1.87 bits per heavy atom. The molecule has 0 aliphatic heterocycles. The van der Waals surface area contributed by atoms with Crippen LogP contribution in [0.3, 0.4) is 0 Å². The fourth-order valence-electron chi connectivity index (χ4n) is 2.01. The van der Waals surface area contributed by atoms with Crippen LogP contribution < -0.4 is 4.72 Å². The molecule has 0 fully saturated rings. The maximum atomic E-state index is 12.3. The van der Waals surface area contributed by atoms with Gasteiger partial charge in [0.15, 0.2) is 0 Å². The molecule has 9 heteroatoms. The van der Waals surface area contributed by atoms with Gasteiger partial charge in [0, 0.05) is 0 Å². The summed E-state index contributed by atoms with van der Waals surface area (Å²) in [5.74, 6) is -3.74. The number of carbonyl (C=O) groups is 2. The van der Waals surface area contributed by atoms with Crippen molar-refractivity contribution < 1.29 is 33.3 Å². The van der Waals surface area contributed by atoms with Crippen LogP contribution in [0.2, 0.25) is 0 Å². The zero-order valence-electron chi connectivity index (χ0n) is 12.7. The van der Waals surface area contributed by atoms with E-state index in [0.717, 1.165) is 12.1 Å². The van der Waals surface area contributed by atoms with E-state index in [1.165, 1.54) is 6.92 Å². The van der Waals surface area contributed by atoms with E-state index in [0.29, 0.717) is 18.4 Å². The summed E-state index contributed by atoms with van der Waals surface area (Å²) in [6.07, 6.45) is 1.27. The lowest BCUT2D eigenvalue weighted by Gasteiger charge is -2.16. The van der Waals surface area contributed by atoms with Crippen molar-refractivity contribution in [1.82, 2.24) is 4.72 Å². The van der Waals surface area contributed by atoms with Crippen LogP contribution in [-0.4, -0.2) is 41.7 Å². The maximum Gasteiger partial charge on any atom is 0.339 e. The number of aliphatic carboxylic acids is 1. The fraction of sp³-hybridized carbons (Fsp3) is 0.429. The third-order valence-electron chi connectivity index (χ3n) is 3.18. The number of benzene rings is 1. The van der Waals surface area contributed by atoms with Crippen molar-refractivity contribution in [3.05, 3.63) is 23.3 Å². The number of aromatic carboxylic acids is 1. The van der Waals surface area contributed by atoms with Gasteiger partial charge in [-0.15, -0.1) is 0 Å². The number of aryl methyl sites for hydroxylation is 1. The standard InChI is InChI=1S/C14H19NO7S/c1-3-4-5-10(14(19)20)15-23(21,22)11-7-8(2)6-9(12(11)16)13(17)18/h6-7,10,15-16H,3-5H2,1-2H3,(H,17,18)(H,19,20). The fourth-order valence-corrected chi connectivity index (χ4v) is 3.43. The molecule has 0 radical (unpaired) electrons. The Kier molecular flexibility index (Phi) is 6.11. The number of hydrogen-bond acceptors (Lipinski definition) is 5. The largest absolute Gasteiger partial charge is 0.506 e. The molecule has 0 bridgehead atoms. The highest BCUT2D eigenvalue weighted by molar-refractivity contribution is 7.89. The van der Waals surface area contributed by atoms with Crippen molar-refractivity contribution in [2.45, 2.75) is 44.0 Å². The van der Waals surface area contributed by atoms with E-state index in [9.17, 15) is 23.1 Å². The molecular weight excluding hydrogens is 326 g/mol. The molecule has 1 rings (SSSR count). The second-order valence-corrected chi connectivity index (χ2v) is 6.80. The minimum Gasteiger partial charge on any atom is -0.506 e. The first-order valence-corrected chi connectivity index (χ1v) is 8.40. The van der Waals surface area contributed by atoms with E-state index in [2.05, 4.69) is 0 Å². The third-order valence-corrected chi connectivity index (χ3v) is 4.67. The Bertz CT molecular complexity index is 712. The first-order chi connectivity index (χ1) is 10.6. The van der Waals surface area contributed by atoms with Crippen LogP contribution in [0, 0.1) is 6.92 Å². The number of aromatic hydroxyl groups is 1. The van der Waals surface area contributed by atoms with E-state index in [1.54, 1.807) is 0 Å². The molecule has 1 atom stereocenters. The van der Waals surface area contributed by atoms with Gasteiger partial charge in [-0.1, -0.05) is 19.8 Å². The number of hydrogen-bond donors (Lipinski definition) is 4. The van der Waals surface area contributed by atoms with Crippen LogP contribution in [0.25, 0.3) is 0 Å². The van der Waals surface area contributed by atoms with Gasteiger partial charge in [-0.05, 0) is 31.0 Å². The van der Waals surface area contributed by atoms with Gasteiger partial charge in [0.2, 0.25) is 10.0 Å². The number of carboxylic acid groups (broad SMARTS) is 2. The lowest BCUT2D eigenvalue weighted by atomic mass is 10.1. The molecule has 1 aromatic rings. The van der Waals surface area contributed by atoms with Crippen molar-refractivity contribution in [1.29, 1.82) is 0 Å². The maximum absolute atomic E-state index is 12.3. The average Bonchev–Trinajstić information content (AvgIpc) is 2.44. The third kappa shape index (κ3) is 4.67. The summed E-state index contributed by atoms with van der Waals surface area (Å²) in [5, 5.41) is 28.0. The molecule has 8 nitrogen and oxygen atoms in total. The van der Waals surface area contributed by atoms with Crippen LogP contribution in [0.4, 0.5) is 0 Å². The summed E-state index contributed by atoms with van der Waals surface area (Å²) in [6, 6.07) is 0.860. The van der Waals surface area contributed by atoms with Crippen molar-refractivity contribution in [2.75, 3.05) is 0 Å². The molecule has 0 heterocycles. The smallest absolute Gasteiger partial charge is 0.339 e. The molecular formula is C14H19NO7S. The van der Waals surface area contributed by atoms with Gasteiger partial charge in [-0.25, -0.2) is 13.2 Å². The summed E-state index contributed by atoms with van der Waals surface area (Å²) in [6.45, 7) is 3.30. The molecule has 23 heavy (non-hydrogen) atoms. The highest BCUT2D eigenvalue weighted by Crippen LogP contribution is 2.29.